The van der Waals surface area contributed by atoms with E-state index in [-0.39, 0.29) is 0 Å². The molecule has 0 radical (unpaired) electrons. The lowest BCUT2D eigenvalue weighted by molar-refractivity contribution is 0.0706. The molecule has 1 amide bonds. The summed E-state index contributed by atoms with van der Waals surface area (Å²) in [5.74, 6) is 0.386. The second-order valence-electron chi connectivity index (χ2n) is 7.30. The van der Waals surface area contributed by atoms with Crippen LogP contribution in [0.5, 0.6) is 0 Å². The van der Waals surface area contributed by atoms with Gasteiger partial charge in [-0.3, -0.25) is 10.0 Å². The Hall–Kier alpha value is -3.17. The minimum absolute atomic E-state index is 0.404. The lowest BCUT2D eigenvalue weighted by atomic mass is 10.1. The number of hydrogen-bond donors (Lipinski definition) is 2. The van der Waals surface area contributed by atoms with Gasteiger partial charge in [-0.15, -0.1) is 0 Å². The predicted octanol–water partition coefficient (Wildman–Crippen LogP) is 5.19. The molecule has 0 aliphatic rings. The molecule has 3 aromatic rings. The van der Waals surface area contributed by atoms with Gasteiger partial charge >= 0.3 is 0 Å². The monoisotopic (exact) mass is 390 g/mol. The minimum Gasteiger partial charge on any atom is -0.328 e. The SMILES string of the molecule is [C-]#[N+]c1cc2nc(Cc3cccc(C(=O)NO)c3)n(CCCCCC)c2cc1C. The molecule has 0 spiro atoms. The van der Waals surface area contributed by atoms with E-state index in [0.29, 0.717) is 17.7 Å². The van der Waals surface area contributed by atoms with E-state index in [4.69, 9.17) is 16.8 Å². The third-order valence-electron chi connectivity index (χ3n) is 5.15. The zero-order valence-corrected chi connectivity index (χ0v) is 16.9. The predicted molar refractivity (Wildman–Crippen MR) is 113 cm³/mol. The molecule has 150 valence electrons. The van der Waals surface area contributed by atoms with Crippen LogP contribution < -0.4 is 5.48 Å². The summed E-state index contributed by atoms with van der Waals surface area (Å²) in [6.45, 7) is 12.4. The number of nitrogens with zero attached hydrogens (tertiary/aromatic N) is 3. The van der Waals surface area contributed by atoms with Gasteiger partial charge in [-0.2, -0.15) is 0 Å². The van der Waals surface area contributed by atoms with Gasteiger partial charge in [-0.1, -0.05) is 38.3 Å². The zero-order chi connectivity index (χ0) is 20.8. The number of nitrogens with one attached hydrogen (secondary N) is 1. The zero-order valence-electron chi connectivity index (χ0n) is 16.9. The fourth-order valence-corrected chi connectivity index (χ4v) is 3.59. The molecule has 0 fully saturated rings. The van der Waals surface area contributed by atoms with Gasteiger partial charge in [0.15, 0.2) is 5.69 Å². The Kier molecular flexibility index (Phi) is 6.63. The molecule has 6 nitrogen and oxygen atoms in total. The number of benzene rings is 2. The lowest BCUT2D eigenvalue weighted by Crippen LogP contribution is -2.18. The molecule has 3 rings (SSSR count). The van der Waals surface area contributed by atoms with E-state index in [1.54, 1.807) is 23.7 Å². The van der Waals surface area contributed by atoms with Crippen LogP contribution in [0.4, 0.5) is 5.69 Å². The van der Waals surface area contributed by atoms with Crippen LogP contribution in [0.3, 0.4) is 0 Å². The third kappa shape index (κ3) is 4.64. The number of imidazole rings is 1. The summed E-state index contributed by atoms with van der Waals surface area (Å²) in [5, 5.41) is 8.88. The molecule has 0 atom stereocenters. The summed E-state index contributed by atoms with van der Waals surface area (Å²) in [7, 11) is 0. The smallest absolute Gasteiger partial charge is 0.274 e. The first-order chi connectivity index (χ1) is 14.1. The van der Waals surface area contributed by atoms with Crippen molar-refractivity contribution in [3.8, 4) is 0 Å². The van der Waals surface area contributed by atoms with Gasteiger partial charge in [0, 0.05) is 18.5 Å². The standard InChI is InChI=1S/C23H26N4O2/c1-4-5-6-7-11-27-21-12-16(2)19(24-3)15-20(21)25-22(27)14-17-9-8-10-18(13-17)23(28)26-29/h8-10,12-13,15,29H,4-7,11,14H2,1-2H3,(H,26,28). The summed E-state index contributed by atoms with van der Waals surface area (Å²) in [5.41, 5.74) is 6.48. The summed E-state index contributed by atoms with van der Waals surface area (Å²) < 4.78 is 2.24. The molecule has 0 unspecified atom stereocenters. The maximum Gasteiger partial charge on any atom is 0.274 e. The van der Waals surface area contributed by atoms with Crippen molar-refractivity contribution < 1.29 is 10.0 Å². The Labute approximate surface area is 171 Å². The number of hydroxylamine groups is 1. The van der Waals surface area contributed by atoms with E-state index < -0.39 is 5.91 Å². The van der Waals surface area contributed by atoms with Crippen molar-refractivity contribution in [2.45, 2.75) is 52.5 Å². The van der Waals surface area contributed by atoms with Crippen molar-refractivity contribution in [3.05, 3.63) is 70.3 Å². The number of aromatic nitrogens is 2. The van der Waals surface area contributed by atoms with Gasteiger partial charge in [0.1, 0.15) is 5.82 Å². The molecule has 29 heavy (non-hydrogen) atoms. The van der Waals surface area contributed by atoms with E-state index in [2.05, 4.69) is 22.4 Å². The Morgan fingerprint density at radius 2 is 2.07 bits per heavy atom. The van der Waals surface area contributed by atoms with Crippen LogP contribution in [0.25, 0.3) is 15.9 Å². The third-order valence-corrected chi connectivity index (χ3v) is 5.15. The second-order valence-corrected chi connectivity index (χ2v) is 7.30. The summed E-state index contributed by atoms with van der Waals surface area (Å²) in [4.78, 5) is 20.2. The number of rotatable bonds is 8. The number of carbonyl (C=O) groups is 1. The van der Waals surface area contributed by atoms with Crippen LogP contribution in [0.1, 0.15) is 59.9 Å². The molecule has 2 aromatic carbocycles. The Balaban J connectivity index is 1.99. The minimum atomic E-state index is -0.530. The van der Waals surface area contributed by atoms with Gasteiger partial charge in [-0.25, -0.2) is 15.3 Å². The maximum atomic E-state index is 11.7. The van der Waals surface area contributed by atoms with E-state index in [0.717, 1.165) is 41.0 Å². The van der Waals surface area contributed by atoms with E-state index in [1.807, 2.05) is 19.1 Å². The van der Waals surface area contributed by atoms with Crippen LogP contribution >= 0.6 is 0 Å². The quantitative estimate of drug-likeness (QED) is 0.241. The molecule has 1 aromatic heterocycles. The van der Waals surface area contributed by atoms with Crippen LogP contribution in [-0.4, -0.2) is 20.7 Å². The fourth-order valence-electron chi connectivity index (χ4n) is 3.59. The maximum absolute atomic E-state index is 11.7. The summed E-state index contributed by atoms with van der Waals surface area (Å²) in [6, 6.07) is 11.1. The summed E-state index contributed by atoms with van der Waals surface area (Å²) in [6.07, 6.45) is 5.21. The van der Waals surface area contributed by atoms with Crippen molar-refractivity contribution >= 4 is 22.6 Å². The van der Waals surface area contributed by atoms with Gasteiger partial charge < -0.3 is 4.57 Å². The largest absolute Gasteiger partial charge is 0.328 e. The number of aryl methyl sites for hydroxylation is 2. The first kappa shape index (κ1) is 20.6. The number of fused-ring (bicyclic) bond motifs is 1. The normalized spacial score (nSPS) is 10.8. The number of carbonyl (C=O) groups excluding carboxylic acids is 1. The molecule has 0 aliphatic carbocycles. The highest BCUT2D eigenvalue weighted by Gasteiger charge is 2.14. The number of unbranched alkanes of at least 4 members (excludes halogenated alkanes) is 3. The van der Waals surface area contributed by atoms with Crippen LogP contribution in [0.2, 0.25) is 0 Å². The van der Waals surface area contributed by atoms with Crippen LogP contribution in [0, 0.1) is 13.5 Å². The van der Waals surface area contributed by atoms with Crippen molar-refractivity contribution in [1.29, 1.82) is 0 Å². The second kappa shape index (κ2) is 9.35. The van der Waals surface area contributed by atoms with Crippen molar-refractivity contribution in [3.63, 3.8) is 0 Å². The Morgan fingerprint density at radius 1 is 1.24 bits per heavy atom. The Bertz CT molecular complexity index is 1060. The average Bonchev–Trinajstić information content (AvgIpc) is 3.06. The highest BCUT2D eigenvalue weighted by molar-refractivity contribution is 5.93. The molecule has 0 aliphatic heterocycles. The van der Waals surface area contributed by atoms with Crippen molar-refractivity contribution in [1.82, 2.24) is 15.0 Å². The molecule has 0 saturated carbocycles. The molecule has 0 saturated heterocycles. The van der Waals surface area contributed by atoms with E-state index in [9.17, 15) is 4.79 Å². The van der Waals surface area contributed by atoms with Crippen LogP contribution in [-0.2, 0) is 13.0 Å². The van der Waals surface area contributed by atoms with Gasteiger partial charge in [0.25, 0.3) is 5.91 Å². The molecular weight excluding hydrogens is 364 g/mol. The first-order valence-electron chi connectivity index (χ1n) is 9.98. The topological polar surface area (TPSA) is 71.5 Å². The highest BCUT2D eigenvalue weighted by atomic mass is 16.5. The van der Waals surface area contributed by atoms with Crippen molar-refractivity contribution in [2.24, 2.45) is 0 Å². The van der Waals surface area contributed by atoms with E-state index in [1.165, 1.54) is 19.3 Å². The fraction of sp³-hybridized carbons (Fsp3) is 0.348. The average molecular weight is 390 g/mol. The van der Waals surface area contributed by atoms with Gasteiger partial charge in [0.05, 0.1) is 17.6 Å². The highest BCUT2D eigenvalue weighted by Crippen LogP contribution is 2.28. The molecular formula is C23H26N4O2. The molecule has 6 heteroatoms. The summed E-state index contributed by atoms with van der Waals surface area (Å²) >= 11 is 0. The molecule has 0 bridgehead atoms. The molecule has 2 N–H and O–H groups in total. The van der Waals surface area contributed by atoms with Gasteiger partial charge in [-0.05, 0) is 48.7 Å². The number of hydrogen-bond acceptors (Lipinski definition) is 3. The van der Waals surface area contributed by atoms with E-state index >= 15 is 0 Å². The Morgan fingerprint density at radius 3 is 2.79 bits per heavy atom. The van der Waals surface area contributed by atoms with Gasteiger partial charge in [0.2, 0.25) is 0 Å². The van der Waals surface area contributed by atoms with Crippen LogP contribution in [0.15, 0.2) is 36.4 Å². The first-order valence-corrected chi connectivity index (χ1v) is 9.98. The lowest BCUT2D eigenvalue weighted by Gasteiger charge is -2.10. The van der Waals surface area contributed by atoms with Crippen molar-refractivity contribution in [2.75, 3.05) is 0 Å². The number of amides is 1. The molecule has 1 heterocycles.